The molecule has 2 rings (SSSR count). The number of benzene rings is 1. The van der Waals surface area contributed by atoms with E-state index in [9.17, 15) is 9.90 Å². The zero-order valence-corrected chi connectivity index (χ0v) is 17.6. The largest absolute Gasteiger partial charge is 0.459 e. The zero-order valence-electron chi connectivity index (χ0n) is 17.6. The highest BCUT2D eigenvalue weighted by Crippen LogP contribution is 2.21. The Kier molecular flexibility index (Phi) is 8.24. The predicted molar refractivity (Wildman–Crippen MR) is 110 cm³/mol. The molecule has 0 aromatic heterocycles. The zero-order chi connectivity index (χ0) is 20.7. The summed E-state index contributed by atoms with van der Waals surface area (Å²) >= 11 is 0. The molecule has 1 heterocycles. The Morgan fingerprint density at radius 2 is 1.96 bits per heavy atom. The third kappa shape index (κ3) is 7.05. The Balaban J connectivity index is 1.88. The Labute approximate surface area is 168 Å². The Bertz CT molecular complexity index is 615. The maximum absolute atomic E-state index is 12.0. The van der Waals surface area contributed by atoms with E-state index in [1.807, 2.05) is 56.9 Å². The van der Waals surface area contributed by atoms with Crippen LogP contribution in [0.5, 0.6) is 0 Å². The Morgan fingerprint density at radius 3 is 2.54 bits per heavy atom. The summed E-state index contributed by atoms with van der Waals surface area (Å²) in [6.07, 6.45) is -0.131. The number of esters is 1. The average molecular weight is 394 g/mol. The first-order valence-corrected chi connectivity index (χ1v) is 10.0. The van der Waals surface area contributed by atoms with Gasteiger partial charge in [0.15, 0.2) is 0 Å². The average Bonchev–Trinajstić information content (AvgIpc) is 2.61. The second kappa shape index (κ2) is 10.2. The van der Waals surface area contributed by atoms with E-state index in [4.69, 9.17) is 15.2 Å². The van der Waals surface area contributed by atoms with Gasteiger partial charge in [0.25, 0.3) is 0 Å². The lowest BCUT2D eigenvalue weighted by Gasteiger charge is -2.40. The standard InChI is InChI=1S/C21H35N3O4/c1-5-27-13-12-23-10-11-24(19(25)15-23)17-8-6-16(7-9-17)14-18(22)20(26)28-21(2,3)4/h6-9,18-19,25H,5,10-15,22H2,1-4H3/t18-,19-/m0/s1. The van der Waals surface area contributed by atoms with Crippen molar-refractivity contribution in [3.8, 4) is 0 Å². The van der Waals surface area contributed by atoms with Crippen molar-refractivity contribution in [2.45, 2.75) is 52.0 Å². The van der Waals surface area contributed by atoms with E-state index in [0.717, 1.165) is 30.9 Å². The van der Waals surface area contributed by atoms with Crippen LogP contribution >= 0.6 is 0 Å². The lowest BCUT2D eigenvalue weighted by molar-refractivity contribution is -0.156. The predicted octanol–water partition coefficient (Wildman–Crippen LogP) is 1.38. The maximum Gasteiger partial charge on any atom is 0.323 e. The number of ether oxygens (including phenoxy) is 2. The van der Waals surface area contributed by atoms with Crippen LogP contribution in [-0.4, -0.2) is 73.2 Å². The van der Waals surface area contributed by atoms with Crippen LogP contribution in [0.4, 0.5) is 5.69 Å². The molecule has 0 bridgehead atoms. The number of nitrogens with zero attached hydrogens (tertiary/aromatic N) is 2. The highest BCUT2D eigenvalue weighted by Gasteiger charge is 2.26. The molecule has 1 aromatic carbocycles. The molecule has 0 spiro atoms. The first kappa shape index (κ1) is 22.6. The molecule has 7 nitrogen and oxygen atoms in total. The lowest BCUT2D eigenvalue weighted by Crippen LogP contribution is -2.53. The number of hydrogen-bond donors (Lipinski definition) is 2. The smallest absolute Gasteiger partial charge is 0.323 e. The van der Waals surface area contributed by atoms with Gasteiger partial charge in [0.1, 0.15) is 17.9 Å². The van der Waals surface area contributed by atoms with Gasteiger partial charge in [0, 0.05) is 38.5 Å². The van der Waals surface area contributed by atoms with E-state index in [1.54, 1.807) is 0 Å². The summed E-state index contributed by atoms with van der Waals surface area (Å²) in [5, 5.41) is 10.5. The number of anilines is 1. The molecule has 1 saturated heterocycles. The van der Waals surface area contributed by atoms with E-state index in [2.05, 4.69) is 4.90 Å². The van der Waals surface area contributed by atoms with Gasteiger partial charge in [-0.15, -0.1) is 0 Å². The fraction of sp³-hybridized carbons (Fsp3) is 0.667. The fourth-order valence-corrected chi connectivity index (χ4v) is 3.20. The van der Waals surface area contributed by atoms with Crippen LogP contribution in [0.15, 0.2) is 24.3 Å². The molecule has 0 amide bonds. The van der Waals surface area contributed by atoms with Crippen LogP contribution in [0, 0.1) is 0 Å². The van der Waals surface area contributed by atoms with Crippen molar-refractivity contribution in [2.24, 2.45) is 5.73 Å². The molecule has 0 unspecified atom stereocenters. The topological polar surface area (TPSA) is 88.3 Å². The van der Waals surface area contributed by atoms with Crippen molar-refractivity contribution in [1.82, 2.24) is 4.90 Å². The van der Waals surface area contributed by atoms with Crippen LogP contribution in [0.25, 0.3) is 0 Å². The third-order valence-corrected chi connectivity index (χ3v) is 4.63. The Morgan fingerprint density at radius 1 is 1.29 bits per heavy atom. The van der Waals surface area contributed by atoms with Crippen LogP contribution in [0.1, 0.15) is 33.3 Å². The van der Waals surface area contributed by atoms with Gasteiger partial charge in [0.2, 0.25) is 0 Å². The number of rotatable bonds is 8. The van der Waals surface area contributed by atoms with E-state index in [1.165, 1.54) is 0 Å². The SMILES string of the molecule is CCOCCN1CCN(c2ccc(C[C@H](N)C(=O)OC(C)(C)C)cc2)[C@@H](O)C1. The third-order valence-electron chi connectivity index (χ3n) is 4.63. The van der Waals surface area contributed by atoms with Gasteiger partial charge in [-0.1, -0.05) is 12.1 Å². The fourth-order valence-electron chi connectivity index (χ4n) is 3.20. The van der Waals surface area contributed by atoms with Gasteiger partial charge in [-0.05, 0) is 51.8 Å². The number of β-amino-alcohol motifs (C(OH)–C–C–N with tert-alkyl or cyclic N) is 1. The molecule has 1 fully saturated rings. The minimum absolute atomic E-state index is 0.393. The molecule has 1 aromatic rings. The molecule has 1 aliphatic rings. The molecule has 28 heavy (non-hydrogen) atoms. The van der Waals surface area contributed by atoms with Gasteiger partial charge >= 0.3 is 5.97 Å². The number of piperazine rings is 1. The monoisotopic (exact) mass is 393 g/mol. The number of carbonyl (C=O) groups excluding carboxylic acids is 1. The summed E-state index contributed by atoms with van der Waals surface area (Å²) in [5.41, 5.74) is 7.37. The molecule has 7 heteroatoms. The highest BCUT2D eigenvalue weighted by atomic mass is 16.6. The molecule has 0 radical (unpaired) electrons. The van der Waals surface area contributed by atoms with Crippen molar-refractivity contribution >= 4 is 11.7 Å². The number of aliphatic hydroxyl groups excluding tert-OH is 1. The van der Waals surface area contributed by atoms with Crippen LogP contribution in [0.2, 0.25) is 0 Å². The van der Waals surface area contributed by atoms with Gasteiger partial charge in [-0.3, -0.25) is 9.69 Å². The van der Waals surface area contributed by atoms with Crippen molar-refractivity contribution in [1.29, 1.82) is 0 Å². The van der Waals surface area contributed by atoms with Crippen LogP contribution in [-0.2, 0) is 20.7 Å². The van der Waals surface area contributed by atoms with Gasteiger partial charge < -0.3 is 25.2 Å². The van der Waals surface area contributed by atoms with Crippen molar-refractivity contribution < 1.29 is 19.4 Å². The first-order chi connectivity index (χ1) is 13.2. The molecule has 0 saturated carbocycles. The lowest BCUT2D eigenvalue weighted by atomic mass is 10.1. The molecule has 158 valence electrons. The second-order valence-electron chi connectivity index (χ2n) is 8.18. The van der Waals surface area contributed by atoms with Gasteiger partial charge in [-0.25, -0.2) is 0 Å². The van der Waals surface area contributed by atoms with Crippen molar-refractivity contribution in [2.75, 3.05) is 44.3 Å². The normalized spacial score (nSPS) is 19.5. The number of nitrogens with two attached hydrogens (primary N) is 1. The second-order valence-corrected chi connectivity index (χ2v) is 8.18. The van der Waals surface area contributed by atoms with E-state index < -0.39 is 23.8 Å². The summed E-state index contributed by atoms with van der Waals surface area (Å²) in [6, 6.07) is 7.15. The van der Waals surface area contributed by atoms with Gasteiger partial charge in [-0.2, -0.15) is 0 Å². The van der Waals surface area contributed by atoms with E-state index in [-0.39, 0.29) is 0 Å². The Hall–Kier alpha value is -1.67. The molecule has 1 aliphatic heterocycles. The van der Waals surface area contributed by atoms with E-state index >= 15 is 0 Å². The summed E-state index contributed by atoms with van der Waals surface area (Å²) in [4.78, 5) is 16.3. The highest BCUT2D eigenvalue weighted by molar-refractivity contribution is 5.76. The summed E-state index contributed by atoms with van der Waals surface area (Å²) in [6.45, 7) is 11.9. The molecular weight excluding hydrogens is 358 g/mol. The van der Waals surface area contributed by atoms with Crippen molar-refractivity contribution in [3.63, 3.8) is 0 Å². The van der Waals surface area contributed by atoms with Gasteiger partial charge in [0.05, 0.1) is 6.61 Å². The maximum atomic E-state index is 12.0. The molecule has 2 atom stereocenters. The summed E-state index contributed by atoms with van der Waals surface area (Å²) in [5.74, 6) is -0.393. The minimum Gasteiger partial charge on any atom is -0.459 e. The molecular formula is C21H35N3O4. The molecule has 3 N–H and O–H groups in total. The summed E-state index contributed by atoms with van der Waals surface area (Å²) in [7, 11) is 0. The number of aliphatic hydroxyl groups is 1. The minimum atomic E-state index is -0.690. The van der Waals surface area contributed by atoms with Crippen LogP contribution < -0.4 is 10.6 Å². The van der Waals surface area contributed by atoms with Crippen molar-refractivity contribution in [3.05, 3.63) is 29.8 Å². The number of carbonyl (C=O) groups is 1. The van der Waals surface area contributed by atoms with E-state index in [0.29, 0.717) is 26.2 Å². The summed E-state index contributed by atoms with van der Waals surface area (Å²) < 4.78 is 10.7. The number of hydrogen-bond acceptors (Lipinski definition) is 7. The quantitative estimate of drug-likeness (QED) is 0.509. The molecule has 0 aliphatic carbocycles. The van der Waals surface area contributed by atoms with Crippen LogP contribution in [0.3, 0.4) is 0 Å². The first-order valence-electron chi connectivity index (χ1n) is 10.0.